The molecule has 1 unspecified atom stereocenters. The summed E-state index contributed by atoms with van der Waals surface area (Å²) in [5.41, 5.74) is 4.62. The highest BCUT2D eigenvalue weighted by Crippen LogP contribution is 2.44. The molecule has 1 aliphatic carbocycles. The summed E-state index contributed by atoms with van der Waals surface area (Å²) in [6.45, 7) is 6.94. The molecule has 4 rings (SSSR count). The van der Waals surface area contributed by atoms with Crippen LogP contribution in [0.5, 0.6) is 0 Å². The number of carboxylic acid groups (broad SMARTS) is 1. The van der Waals surface area contributed by atoms with Gasteiger partial charge in [-0.05, 0) is 40.5 Å². The highest BCUT2D eigenvalue weighted by molar-refractivity contribution is 5.82. The number of fused-ring (bicyclic) bond motifs is 3. The number of ether oxygens (including phenoxy) is 1. The minimum absolute atomic E-state index is 0.0275. The Kier molecular flexibility index (Phi) is 7.43. The highest BCUT2D eigenvalue weighted by Gasteiger charge is 2.39. The van der Waals surface area contributed by atoms with Gasteiger partial charge in [-0.25, -0.2) is 4.79 Å². The summed E-state index contributed by atoms with van der Waals surface area (Å²) in [5.74, 6) is -1.81. The van der Waals surface area contributed by atoms with E-state index in [9.17, 15) is 19.5 Å². The lowest BCUT2D eigenvalue weighted by molar-refractivity contribution is -0.142. The van der Waals surface area contributed by atoms with Crippen molar-refractivity contribution in [2.45, 2.75) is 33.1 Å². The molecule has 2 aliphatic rings. The number of carbonyl (C=O) groups is 3. The van der Waals surface area contributed by atoms with E-state index in [2.05, 4.69) is 29.6 Å². The van der Waals surface area contributed by atoms with Gasteiger partial charge in [-0.15, -0.1) is 0 Å². The third-order valence-electron chi connectivity index (χ3n) is 7.18. The third kappa shape index (κ3) is 5.34. The summed E-state index contributed by atoms with van der Waals surface area (Å²) < 4.78 is 5.61. The van der Waals surface area contributed by atoms with Gasteiger partial charge in [-0.2, -0.15) is 0 Å². The fraction of sp³-hybridized carbons (Fsp3) is 0.464. The maximum Gasteiger partial charge on any atom is 0.407 e. The van der Waals surface area contributed by atoms with Crippen molar-refractivity contribution in [3.8, 4) is 11.1 Å². The van der Waals surface area contributed by atoms with E-state index >= 15 is 0 Å². The first-order valence-corrected chi connectivity index (χ1v) is 12.4. The van der Waals surface area contributed by atoms with Gasteiger partial charge in [0.05, 0.1) is 11.8 Å². The van der Waals surface area contributed by atoms with Gasteiger partial charge in [0.25, 0.3) is 0 Å². The molecule has 35 heavy (non-hydrogen) atoms. The minimum Gasteiger partial charge on any atom is -0.481 e. The van der Waals surface area contributed by atoms with E-state index in [0.29, 0.717) is 13.0 Å². The normalized spacial score (nSPS) is 19.8. The number of hydrogen-bond donors (Lipinski definition) is 2. The van der Waals surface area contributed by atoms with Crippen LogP contribution in [0.25, 0.3) is 11.1 Å². The van der Waals surface area contributed by atoms with Gasteiger partial charge >= 0.3 is 12.1 Å². The number of nitrogens with one attached hydrogen (secondary N) is 1. The average Bonchev–Trinajstić information content (AvgIpc) is 3.38. The van der Waals surface area contributed by atoms with Gasteiger partial charge in [0.1, 0.15) is 6.61 Å². The van der Waals surface area contributed by atoms with Crippen LogP contribution in [0.3, 0.4) is 0 Å². The fourth-order valence-electron chi connectivity index (χ4n) is 5.42. The molecule has 1 heterocycles. The van der Waals surface area contributed by atoms with Crippen molar-refractivity contribution in [2.75, 3.05) is 26.2 Å². The molecule has 1 aliphatic heterocycles. The molecule has 3 atom stereocenters. The summed E-state index contributed by atoms with van der Waals surface area (Å²) >= 11 is 0. The highest BCUT2D eigenvalue weighted by atomic mass is 16.5. The maximum atomic E-state index is 13.2. The maximum absolute atomic E-state index is 13.2. The zero-order chi connectivity index (χ0) is 25.1. The number of amides is 2. The summed E-state index contributed by atoms with van der Waals surface area (Å²) in [6, 6.07) is 16.3. The van der Waals surface area contributed by atoms with Crippen LogP contribution in [0.2, 0.25) is 0 Å². The molecule has 2 N–H and O–H groups in total. The Morgan fingerprint density at radius 3 is 2.17 bits per heavy atom. The number of nitrogens with zero attached hydrogens (tertiary/aromatic N) is 1. The van der Waals surface area contributed by atoms with Crippen molar-refractivity contribution in [1.82, 2.24) is 10.2 Å². The van der Waals surface area contributed by atoms with Crippen molar-refractivity contribution in [1.29, 1.82) is 0 Å². The molecule has 2 aromatic carbocycles. The SMILES string of the molecule is CC(C)CC(CNC(=O)OCC1c2ccccc2-c2ccccc21)C(=O)N1C[C@H](C(=O)O)[C@@H](C)C1. The molecule has 0 saturated carbocycles. The number of alkyl carbamates (subject to hydrolysis) is 1. The van der Waals surface area contributed by atoms with Crippen LogP contribution in [-0.4, -0.2) is 54.2 Å². The third-order valence-corrected chi connectivity index (χ3v) is 7.18. The molecule has 7 nitrogen and oxygen atoms in total. The monoisotopic (exact) mass is 478 g/mol. The molecule has 186 valence electrons. The summed E-state index contributed by atoms with van der Waals surface area (Å²) in [6.07, 6.45) is 0.0529. The molecule has 0 aromatic heterocycles. The topological polar surface area (TPSA) is 95.9 Å². The van der Waals surface area contributed by atoms with Crippen LogP contribution in [0, 0.1) is 23.7 Å². The summed E-state index contributed by atoms with van der Waals surface area (Å²) in [7, 11) is 0. The Hall–Kier alpha value is -3.35. The Balaban J connectivity index is 1.36. The van der Waals surface area contributed by atoms with Crippen LogP contribution < -0.4 is 5.32 Å². The predicted octanol–water partition coefficient (Wildman–Crippen LogP) is 4.37. The van der Waals surface area contributed by atoms with Crippen LogP contribution in [0.1, 0.15) is 44.2 Å². The molecule has 1 saturated heterocycles. The number of benzene rings is 2. The zero-order valence-electron chi connectivity index (χ0n) is 20.6. The standard InChI is InChI=1S/C28H34N2O5/c1-17(2)12-19(26(31)30-14-18(3)24(15-30)27(32)33)13-29-28(34)35-16-25-22-10-6-4-8-20(22)21-9-5-7-11-23(21)25/h4-11,17-19,24-25H,12-16H2,1-3H3,(H,29,34)(H,32,33)/t18-,19?,24-/m0/s1. The first kappa shape index (κ1) is 24.8. The van der Waals surface area contributed by atoms with Gasteiger partial charge in [-0.3, -0.25) is 9.59 Å². The Labute approximate surface area is 206 Å². The van der Waals surface area contributed by atoms with Crippen molar-refractivity contribution >= 4 is 18.0 Å². The van der Waals surface area contributed by atoms with Crippen LogP contribution in [0.15, 0.2) is 48.5 Å². The number of carbonyl (C=O) groups excluding carboxylic acids is 2. The number of likely N-dealkylation sites (tertiary alicyclic amines) is 1. The van der Waals surface area contributed by atoms with Crippen molar-refractivity contribution in [3.63, 3.8) is 0 Å². The van der Waals surface area contributed by atoms with E-state index in [1.54, 1.807) is 4.90 Å². The smallest absolute Gasteiger partial charge is 0.407 e. The largest absolute Gasteiger partial charge is 0.481 e. The van der Waals surface area contributed by atoms with Crippen molar-refractivity contribution < 1.29 is 24.2 Å². The second-order valence-electron chi connectivity index (χ2n) is 10.2. The van der Waals surface area contributed by atoms with E-state index in [4.69, 9.17) is 4.74 Å². The molecular formula is C28H34N2O5. The Morgan fingerprint density at radius 1 is 1.03 bits per heavy atom. The first-order valence-electron chi connectivity index (χ1n) is 12.4. The summed E-state index contributed by atoms with van der Waals surface area (Å²) in [5, 5.41) is 12.2. The van der Waals surface area contributed by atoms with Crippen LogP contribution in [0.4, 0.5) is 4.79 Å². The van der Waals surface area contributed by atoms with E-state index < -0.39 is 23.9 Å². The van der Waals surface area contributed by atoms with Crippen molar-refractivity contribution in [2.24, 2.45) is 23.7 Å². The number of carboxylic acids is 1. The van der Waals surface area contributed by atoms with Crippen LogP contribution >= 0.6 is 0 Å². The first-order chi connectivity index (χ1) is 16.8. The van der Waals surface area contributed by atoms with Gasteiger partial charge in [0.2, 0.25) is 5.91 Å². The molecule has 0 radical (unpaired) electrons. The Bertz CT molecular complexity index is 1050. The number of hydrogen-bond acceptors (Lipinski definition) is 4. The second-order valence-corrected chi connectivity index (χ2v) is 10.2. The number of aliphatic carboxylic acids is 1. The second kappa shape index (κ2) is 10.5. The Morgan fingerprint density at radius 2 is 1.63 bits per heavy atom. The zero-order valence-corrected chi connectivity index (χ0v) is 20.6. The lowest BCUT2D eigenvalue weighted by Crippen LogP contribution is -2.41. The molecule has 1 fully saturated rings. The lowest BCUT2D eigenvalue weighted by Gasteiger charge is -2.25. The molecular weight excluding hydrogens is 444 g/mol. The molecule has 0 bridgehead atoms. The van der Waals surface area contributed by atoms with E-state index in [1.807, 2.05) is 45.0 Å². The van der Waals surface area contributed by atoms with Gasteiger partial charge < -0.3 is 20.1 Å². The van der Waals surface area contributed by atoms with E-state index in [1.165, 1.54) is 11.1 Å². The number of rotatable bonds is 8. The molecule has 2 aromatic rings. The van der Waals surface area contributed by atoms with Gasteiger partial charge in [-0.1, -0.05) is 69.3 Å². The molecule has 7 heteroatoms. The van der Waals surface area contributed by atoms with Gasteiger partial charge in [0, 0.05) is 25.6 Å². The minimum atomic E-state index is -0.870. The quantitative estimate of drug-likeness (QED) is 0.588. The van der Waals surface area contributed by atoms with E-state index in [-0.39, 0.29) is 43.4 Å². The molecule has 2 amide bonds. The fourth-order valence-corrected chi connectivity index (χ4v) is 5.42. The van der Waals surface area contributed by atoms with Crippen molar-refractivity contribution in [3.05, 3.63) is 59.7 Å². The lowest BCUT2D eigenvalue weighted by atomic mass is 9.95. The van der Waals surface area contributed by atoms with Crippen LogP contribution in [-0.2, 0) is 14.3 Å². The average molecular weight is 479 g/mol. The van der Waals surface area contributed by atoms with Gasteiger partial charge in [0.15, 0.2) is 0 Å². The summed E-state index contributed by atoms with van der Waals surface area (Å²) in [4.78, 5) is 38.9. The predicted molar refractivity (Wildman–Crippen MR) is 133 cm³/mol. The molecule has 0 spiro atoms. The van der Waals surface area contributed by atoms with E-state index in [0.717, 1.165) is 11.1 Å².